The van der Waals surface area contributed by atoms with E-state index in [1.807, 2.05) is 38.1 Å². The van der Waals surface area contributed by atoms with Gasteiger partial charge >= 0.3 is 0 Å². The normalized spacial score (nSPS) is 11.4. The number of hydrogen-bond donors (Lipinski definition) is 1. The number of aromatic nitrogens is 1. The maximum absolute atomic E-state index is 10.4. The van der Waals surface area contributed by atoms with E-state index in [1.165, 1.54) is 0 Å². The molecule has 0 fully saturated rings. The van der Waals surface area contributed by atoms with Crippen LogP contribution >= 0.6 is 11.6 Å². The fourth-order valence-electron chi connectivity index (χ4n) is 2.96. The van der Waals surface area contributed by atoms with Crippen molar-refractivity contribution in [3.63, 3.8) is 0 Å². The van der Waals surface area contributed by atoms with Crippen LogP contribution in [0.15, 0.2) is 64.0 Å². The van der Waals surface area contributed by atoms with Gasteiger partial charge in [-0.25, -0.2) is 4.98 Å². The minimum Gasteiger partial charge on any atom is -0.504 e. The van der Waals surface area contributed by atoms with Gasteiger partial charge in [-0.2, -0.15) is 0 Å². The van der Waals surface area contributed by atoms with E-state index in [9.17, 15) is 5.11 Å². The number of phenolic OH excluding ortho intramolecular Hbond substituents is 1. The zero-order valence-corrected chi connectivity index (χ0v) is 16.8. The number of benzene rings is 3. The number of rotatable bonds is 5. The molecule has 4 aromatic rings. The zero-order chi connectivity index (χ0) is 20.4. The molecule has 146 valence electrons. The van der Waals surface area contributed by atoms with Gasteiger partial charge in [0.05, 0.1) is 12.3 Å². The first-order chi connectivity index (χ1) is 14.0. The number of aryl methyl sites for hydroxylation is 1. The molecule has 0 aliphatic rings. The summed E-state index contributed by atoms with van der Waals surface area (Å²) in [5.41, 5.74) is 4.51. The molecule has 6 heteroatoms. The second-order valence-electron chi connectivity index (χ2n) is 6.52. The number of aliphatic imine (C=N–C) groups is 1. The van der Waals surface area contributed by atoms with Gasteiger partial charge < -0.3 is 14.3 Å². The van der Waals surface area contributed by atoms with Crippen molar-refractivity contribution in [2.75, 3.05) is 6.61 Å². The molecule has 0 spiro atoms. The lowest BCUT2D eigenvalue weighted by Crippen LogP contribution is -1.93. The Kier molecular flexibility index (Phi) is 5.23. The van der Waals surface area contributed by atoms with E-state index in [2.05, 4.69) is 9.98 Å². The highest BCUT2D eigenvalue weighted by molar-refractivity contribution is 6.31. The van der Waals surface area contributed by atoms with Crippen LogP contribution in [-0.4, -0.2) is 22.9 Å². The van der Waals surface area contributed by atoms with Gasteiger partial charge in [0.15, 0.2) is 17.1 Å². The minimum absolute atomic E-state index is 0.0720. The van der Waals surface area contributed by atoms with Gasteiger partial charge in [0.2, 0.25) is 5.89 Å². The first-order valence-electron chi connectivity index (χ1n) is 9.21. The van der Waals surface area contributed by atoms with E-state index in [4.69, 9.17) is 20.8 Å². The van der Waals surface area contributed by atoms with Crippen LogP contribution in [0.4, 0.5) is 5.69 Å². The highest BCUT2D eigenvalue weighted by Crippen LogP contribution is 2.32. The Morgan fingerprint density at radius 2 is 2.03 bits per heavy atom. The van der Waals surface area contributed by atoms with Crippen LogP contribution in [0.25, 0.3) is 22.6 Å². The van der Waals surface area contributed by atoms with Gasteiger partial charge in [-0.15, -0.1) is 0 Å². The van der Waals surface area contributed by atoms with Crippen LogP contribution < -0.4 is 4.74 Å². The van der Waals surface area contributed by atoms with E-state index in [-0.39, 0.29) is 5.75 Å². The maximum atomic E-state index is 10.4. The van der Waals surface area contributed by atoms with E-state index >= 15 is 0 Å². The highest BCUT2D eigenvalue weighted by atomic mass is 35.5. The number of para-hydroxylation sites is 1. The van der Waals surface area contributed by atoms with E-state index < -0.39 is 0 Å². The number of aromatic hydroxyl groups is 1. The molecule has 29 heavy (non-hydrogen) atoms. The summed E-state index contributed by atoms with van der Waals surface area (Å²) in [7, 11) is 0. The van der Waals surface area contributed by atoms with Gasteiger partial charge in [0.25, 0.3) is 0 Å². The predicted octanol–water partition coefficient (Wildman–Crippen LogP) is 6.31. The van der Waals surface area contributed by atoms with Crippen LogP contribution in [-0.2, 0) is 0 Å². The first-order valence-corrected chi connectivity index (χ1v) is 9.59. The molecule has 0 bridgehead atoms. The smallest absolute Gasteiger partial charge is 0.227 e. The largest absolute Gasteiger partial charge is 0.504 e. The highest BCUT2D eigenvalue weighted by Gasteiger charge is 2.11. The summed E-state index contributed by atoms with van der Waals surface area (Å²) in [5.74, 6) is 1.01. The molecule has 0 unspecified atom stereocenters. The topological polar surface area (TPSA) is 67.9 Å². The lowest BCUT2D eigenvalue weighted by molar-refractivity contribution is 0.318. The van der Waals surface area contributed by atoms with Gasteiger partial charge in [-0.3, -0.25) is 4.99 Å². The minimum atomic E-state index is 0.0720. The lowest BCUT2D eigenvalue weighted by Gasteiger charge is -2.07. The van der Waals surface area contributed by atoms with E-state index in [0.29, 0.717) is 39.9 Å². The van der Waals surface area contributed by atoms with Crippen molar-refractivity contribution in [3.05, 3.63) is 70.7 Å². The summed E-state index contributed by atoms with van der Waals surface area (Å²) in [5, 5.41) is 11.0. The molecular weight excluding hydrogens is 388 g/mol. The molecule has 3 aromatic carbocycles. The van der Waals surface area contributed by atoms with E-state index in [1.54, 1.807) is 36.5 Å². The molecule has 1 heterocycles. The van der Waals surface area contributed by atoms with Crippen molar-refractivity contribution < 1.29 is 14.3 Å². The monoisotopic (exact) mass is 406 g/mol. The van der Waals surface area contributed by atoms with E-state index in [0.717, 1.165) is 16.8 Å². The summed E-state index contributed by atoms with van der Waals surface area (Å²) in [4.78, 5) is 9.08. The quantitative estimate of drug-likeness (QED) is 0.394. The maximum Gasteiger partial charge on any atom is 0.227 e. The van der Waals surface area contributed by atoms with Crippen molar-refractivity contribution in [2.24, 2.45) is 4.99 Å². The number of phenols is 1. The molecule has 0 radical (unpaired) electrons. The van der Waals surface area contributed by atoms with Crippen LogP contribution in [0.2, 0.25) is 5.02 Å². The van der Waals surface area contributed by atoms with Crippen molar-refractivity contribution in [3.8, 4) is 23.0 Å². The average molecular weight is 407 g/mol. The van der Waals surface area contributed by atoms with Crippen LogP contribution in [0, 0.1) is 6.92 Å². The molecule has 0 aliphatic carbocycles. The number of fused-ring (bicyclic) bond motifs is 1. The number of oxazole rings is 1. The molecule has 5 nitrogen and oxygen atoms in total. The Morgan fingerprint density at radius 3 is 2.86 bits per heavy atom. The first kappa shape index (κ1) is 19.0. The molecule has 1 N–H and O–H groups in total. The standard InChI is InChI=1S/C23H19ClN2O3/c1-3-28-21-6-4-5-16(22(21)27)13-25-18-11-15(8-7-14(18)2)23-26-19-12-17(24)9-10-20(19)29-23/h4-13,27H,3H2,1-2H3. The lowest BCUT2D eigenvalue weighted by atomic mass is 10.1. The molecule has 1 aromatic heterocycles. The van der Waals surface area contributed by atoms with Crippen LogP contribution in [0.5, 0.6) is 11.5 Å². The van der Waals surface area contributed by atoms with Crippen molar-refractivity contribution in [1.29, 1.82) is 0 Å². The summed E-state index contributed by atoms with van der Waals surface area (Å²) in [6, 6.07) is 16.5. The summed E-state index contributed by atoms with van der Waals surface area (Å²) < 4.78 is 11.3. The molecule has 0 atom stereocenters. The number of ether oxygens (including phenoxy) is 1. The Bertz CT molecular complexity index is 1210. The summed E-state index contributed by atoms with van der Waals surface area (Å²) in [6.45, 7) is 4.32. The van der Waals surface area contributed by atoms with Crippen LogP contribution in [0.3, 0.4) is 0 Å². The Balaban J connectivity index is 1.68. The molecule has 0 saturated heterocycles. The zero-order valence-electron chi connectivity index (χ0n) is 16.0. The van der Waals surface area contributed by atoms with Crippen LogP contribution in [0.1, 0.15) is 18.1 Å². The molecule has 4 rings (SSSR count). The van der Waals surface area contributed by atoms with Gasteiger partial charge in [0.1, 0.15) is 5.52 Å². The SMILES string of the molecule is CCOc1cccc(C=Nc2cc(-c3nc4cc(Cl)ccc4o3)ccc2C)c1O. The molecule has 0 amide bonds. The van der Waals surface area contributed by atoms with Gasteiger partial charge in [0, 0.05) is 22.4 Å². The summed E-state index contributed by atoms with van der Waals surface area (Å²) in [6.07, 6.45) is 1.62. The third-order valence-corrected chi connectivity index (χ3v) is 4.71. The third kappa shape index (κ3) is 3.96. The van der Waals surface area contributed by atoms with Gasteiger partial charge in [-0.05, 0) is 61.9 Å². The van der Waals surface area contributed by atoms with Crippen molar-refractivity contribution >= 4 is 34.6 Å². The molecular formula is C23H19ClN2O3. The second-order valence-corrected chi connectivity index (χ2v) is 6.95. The number of halogens is 1. The molecule has 0 aliphatic heterocycles. The Hall–Kier alpha value is -3.31. The average Bonchev–Trinajstić information content (AvgIpc) is 3.13. The third-order valence-electron chi connectivity index (χ3n) is 4.48. The number of hydrogen-bond acceptors (Lipinski definition) is 5. The number of nitrogens with zero attached hydrogens (tertiary/aromatic N) is 2. The van der Waals surface area contributed by atoms with Gasteiger partial charge in [-0.1, -0.05) is 23.7 Å². The van der Waals surface area contributed by atoms with Crippen molar-refractivity contribution in [2.45, 2.75) is 13.8 Å². The summed E-state index contributed by atoms with van der Waals surface area (Å²) >= 11 is 6.03. The molecule has 0 saturated carbocycles. The predicted molar refractivity (Wildman–Crippen MR) is 116 cm³/mol. The fraction of sp³-hybridized carbons (Fsp3) is 0.130. The Labute approximate surface area is 173 Å². The fourth-order valence-corrected chi connectivity index (χ4v) is 3.13. The van der Waals surface area contributed by atoms with Crippen molar-refractivity contribution in [1.82, 2.24) is 4.98 Å². The second kappa shape index (κ2) is 7.97. The Morgan fingerprint density at radius 1 is 1.17 bits per heavy atom.